The predicted molar refractivity (Wildman–Crippen MR) is 72.5 cm³/mol. The van der Waals surface area contributed by atoms with Crippen LogP contribution in [-0.2, 0) is 6.54 Å². The summed E-state index contributed by atoms with van der Waals surface area (Å²) in [5.41, 5.74) is 3.23. The third-order valence-corrected chi connectivity index (χ3v) is 4.37. The molecule has 0 saturated heterocycles. The lowest BCUT2D eigenvalue weighted by Crippen LogP contribution is -2.37. The van der Waals surface area contributed by atoms with Crippen LogP contribution in [0.2, 0.25) is 0 Å². The Bertz CT molecular complexity index is 369. The van der Waals surface area contributed by atoms with Crippen LogP contribution < -0.4 is 5.32 Å². The van der Waals surface area contributed by atoms with Crippen molar-refractivity contribution in [2.24, 2.45) is 5.41 Å². The van der Waals surface area contributed by atoms with Crippen molar-refractivity contribution >= 4 is 15.9 Å². The maximum atomic E-state index is 3.62. The molecule has 1 saturated carbocycles. The molecule has 0 atom stereocenters. The maximum absolute atomic E-state index is 3.62. The Morgan fingerprint density at radius 2 is 2.12 bits per heavy atom. The fourth-order valence-corrected chi connectivity index (χ4v) is 2.89. The van der Waals surface area contributed by atoms with Gasteiger partial charge in [0.25, 0.3) is 0 Å². The first-order valence-electron chi connectivity index (χ1n) is 6.05. The van der Waals surface area contributed by atoms with Crippen molar-refractivity contribution in [3.63, 3.8) is 0 Å². The van der Waals surface area contributed by atoms with Gasteiger partial charge in [-0.1, -0.05) is 41.4 Å². The zero-order chi connectivity index (χ0) is 11.6. The van der Waals surface area contributed by atoms with E-state index in [1.54, 1.807) is 0 Å². The lowest BCUT2D eigenvalue weighted by molar-refractivity contribution is 0.156. The molecule has 1 fully saturated rings. The minimum absolute atomic E-state index is 0.567. The van der Waals surface area contributed by atoms with Crippen LogP contribution in [0.4, 0.5) is 0 Å². The van der Waals surface area contributed by atoms with E-state index >= 15 is 0 Å². The molecular weight excluding hydrogens is 262 g/mol. The average Bonchev–Trinajstić information content (AvgIpc) is 2.19. The number of nitrogens with one attached hydrogen (secondary N) is 1. The largest absolute Gasteiger partial charge is 0.312 e. The molecular formula is C14H20BrN. The van der Waals surface area contributed by atoms with Gasteiger partial charge in [-0.25, -0.2) is 0 Å². The van der Waals surface area contributed by atoms with Gasteiger partial charge in [-0.2, -0.15) is 0 Å². The Morgan fingerprint density at radius 1 is 1.38 bits per heavy atom. The molecule has 0 radical (unpaired) electrons. The number of aryl methyl sites for hydroxylation is 1. The molecule has 0 spiro atoms. The van der Waals surface area contributed by atoms with Crippen molar-refractivity contribution in [1.82, 2.24) is 5.32 Å². The normalized spacial score (nSPS) is 18.2. The van der Waals surface area contributed by atoms with Gasteiger partial charge < -0.3 is 5.32 Å². The van der Waals surface area contributed by atoms with Crippen molar-refractivity contribution in [2.45, 2.75) is 39.7 Å². The fourth-order valence-electron chi connectivity index (χ4n) is 2.25. The first kappa shape index (κ1) is 12.1. The van der Waals surface area contributed by atoms with Gasteiger partial charge >= 0.3 is 0 Å². The number of rotatable bonds is 4. The Labute approximate surface area is 107 Å². The topological polar surface area (TPSA) is 12.0 Å². The van der Waals surface area contributed by atoms with Gasteiger partial charge in [-0.05, 0) is 42.4 Å². The molecule has 0 unspecified atom stereocenters. The molecule has 1 aliphatic carbocycles. The third-order valence-electron chi connectivity index (χ3n) is 3.64. The minimum Gasteiger partial charge on any atom is -0.312 e. The highest BCUT2D eigenvalue weighted by molar-refractivity contribution is 9.10. The van der Waals surface area contributed by atoms with Crippen LogP contribution in [0, 0.1) is 12.3 Å². The quantitative estimate of drug-likeness (QED) is 0.879. The van der Waals surface area contributed by atoms with Gasteiger partial charge in [0.05, 0.1) is 0 Å². The van der Waals surface area contributed by atoms with Gasteiger partial charge in [0.2, 0.25) is 0 Å². The highest BCUT2D eigenvalue weighted by Gasteiger charge is 2.30. The highest BCUT2D eigenvalue weighted by atomic mass is 79.9. The molecule has 88 valence electrons. The van der Waals surface area contributed by atoms with Crippen molar-refractivity contribution in [3.05, 3.63) is 33.8 Å². The zero-order valence-electron chi connectivity index (χ0n) is 10.1. The molecule has 0 aliphatic heterocycles. The Hall–Kier alpha value is -0.340. The molecule has 0 bridgehead atoms. The molecule has 1 N–H and O–H groups in total. The summed E-state index contributed by atoms with van der Waals surface area (Å²) in [4.78, 5) is 0. The maximum Gasteiger partial charge on any atom is 0.0222 e. The molecule has 0 aromatic heterocycles. The van der Waals surface area contributed by atoms with E-state index < -0.39 is 0 Å². The van der Waals surface area contributed by atoms with Gasteiger partial charge in [0.1, 0.15) is 0 Å². The van der Waals surface area contributed by atoms with E-state index in [4.69, 9.17) is 0 Å². The first-order chi connectivity index (χ1) is 7.59. The molecule has 0 amide bonds. The standard InChI is InChI=1S/C14H20BrN/c1-11-4-5-12(13(15)8-11)9-16-10-14(2)6-3-7-14/h4-5,8,16H,3,6-7,9-10H2,1-2H3. The summed E-state index contributed by atoms with van der Waals surface area (Å²) in [5, 5.41) is 3.57. The zero-order valence-corrected chi connectivity index (χ0v) is 11.7. The summed E-state index contributed by atoms with van der Waals surface area (Å²) < 4.78 is 1.22. The SMILES string of the molecule is Cc1ccc(CNCC2(C)CCC2)c(Br)c1. The van der Waals surface area contributed by atoms with E-state index in [9.17, 15) is 0 Å². The van der Waals surface area contributed by atoms with Crippen LogP contribution in [0.3, 0.4) is 0 Å². The van der Waals surface area contributed by atoms with Crippen LogP contribution in [-0.4, -0.2) is 6.54 Å². The number of hydrogen-bond donors (Lipinski definition) is 1. The minimum atomic E-state index is 0.567. The van der Waals surface area contributed by atoms with E-state index in [-0.39, 0.29) is 0 Å². The van der Waals surface area contributed by atoms with Crippen molar-refractivity contribution in [3.8, 4) is 0 Å². The lowest BCUT2D eigenvalue weighted by atomic mass is 9.70. The lowest BCUT2D eigenvalue weighted by Gasteiger charge is -2.38. The van der Waals surface area contributed by atoms with Crippen molar-refractivity contribution in [1.29, 1.82) is 0 Å². The second-order valence-corrected chi connectivity index (χ2v) is 6.22. The average molecular weight is 282 g/mol. The third kappa shape index (κ3) is 2.86. The summed E-state index contributed by atoms with van der Waals surface area (Å²) in [5.74, 6) is 0. The van der Waals surface area contributed by atoms with E-state index in [2.05, 4.69) is 53.3 Å². The van der Waals surface area contributed by atoms with Crippen LogP contribution >= 0.6 is 15.9 Å². The second-order valence-electron chi connectivity index (χ2n) is 5.36. The first-order valence-corrected chi connectivity index (χ1v) is 6.84. The molecule has 2 rings (SSSR count). The number of hydrogen-bond acceptors (Lipinski definition) is 1. The second kappa shape index (κ2) is 4.89. The van der Waals surface area contributed by atoms with Gasteiger partial charge in [0.15, 0.2) is 0 Å². The van der Waals surface area contributed by atoms with Crippen LogP contribution in [0.5, 0.6) is 0 Å². The summed E-state index contributed by atoms with van der Waals surface area (Å²) in [6.45, 7) is 6.62. The molecule has 16 heavy (non-hydrogen) atoms. The smallest absolute Gasteiger partial charge is 0.0222 e. The Kier molecular flexibility index (Phi) is 3.70. The molecule has 1 aromatic rings. The van der Waals surface area contributed by atoms with Crippen LogP contribution in [0.1, 0.15) is 37.3 Å². The van der Waals surface area contributed by atoms with Gasteiger partial charge in [0, 0.05) is 17.6 Å². The molecule has 2 heteroatoms. The van der Waals surface area contributed by atoms with E-state index in [0.29, 0.717) is 5.41 Å². The summed E-state index contributed by atoms with van der Waals surface area (Å²) in [7, 11) is 0. The summed E-state index contributed by atoms with van der Waals surface area (Å²) in [6, 6.07) is 6.56. The Balaban J connectivity index is 1.85. The molecule has 1 aliphatic rings. The van der Waals surface area contributed by atoms with Crippen LogP contribution in [0.25, 0.3) is 0 Å². The monoisotopic (exact) mass is 281 g/mol. The molecule has 1 nitrogen and oxygen atoms in total. The highest BCUT2D eigenvalue weighted by Crippen LogP contribution is 2.39. The molecule has 0 heterocycles. The predicted octanol–water partition coefficient (Wildman–Crippen LogP) is 4.04. The van der Waals surface area contributed by atoms with E-state index in [1.165, 1.54) is 34.9 Å². The van der Waals surface area contributed by atoms with Crippen LogP contribution in [0.15, 0.2) is 22.7 Å². The van der Waals surface area contributed by atoms with Gasteiger partial charge in [-0.3, -0.25) is 0 Å². The van der Waals surface area contributed by atoms with Gasteiger partial charge in [-0.15, -0.1) is 0 Å². The van der Waals surface area contributed by atoms with E-state index in [1.807, 2.05) is 0 Å². The number of benzene rings is 1. The summed E-state index contributed by atoms with van der Waals surface area (Å²) >= 11 is 3.62. The van der Waals surface area contributed by atoms with E-state index in [0.717, 1.165) is 13.1 Å². The Morgan fingerprint density at radius 3 is 2.69 bits per heavy atom. The fraction of sp³-hybridized carbons (Fsp3) is 0.571. The summed E-state index contributed by atoms with van der Waals surface area (Å²) in [6.07, 6.45) is 4.18. The molecule has 1 aromatic carbocycles. The van der Waals surface area contributed by atoms with Crippen molar-refractivity contribution < 1.29 is 0 Å². The van der Waals surface area contributed by atoms with Crippen molar-refractivity contribution in [2.75, 3.05) is 6.54 Å². The number of halogens is 1.